The summed E-state index contributed by atoms with van der Waals surface area (Å²) in [7, 11) is 1.56. The second-order valence-electron chi connectivity index (χ2n) is 7.63. The Morgan fingerprint density at radius 2 is 1.84 bits per heavy atom. The number of nitrogens with two attached hydrogens (primary N) is 3. The standard InChI is InChI=1S/C24H27N5O2S/c1-13(2)14-7-9-15(10-8-14)20-21(24(32)29-23(27)22(20)26)18(25)12-19(30)28-16-5-4-6-17(11-16)31-3/h4-13H,25-26H2,1-3H3,(H,28,30)(H3,27,29,32). The lowest BCUT2D eigenvalue weighted by atomic mass is 9.94. The van der Waals surface area contributed by atoms with Crippen LogP contribution in [-0.4, -0.2) is 18.0 Å². The quantitative estimate of drug-likeness (QED) is 0.275. The largest absolute Gasteiger partial charge is 0.497 e. The van der Waals surface area contributed by atoms with Crippen LogP contribution in [0.2, 0.25) is 0 Å². The normalized spacial score (nSPS) is 11.4. The Kier molecular flexibility index (Phi) is 6.85. The topological polar surface area (TPSA) is 132 Å². The number of carbonyl (C=O) groups is 1. The Bertz CT molecular complexity index is 1230. The summed E-state index contributed by atoms with van der Waals surface area (Å²) < 4.78 is 5.47. The van der Waals surface area contributed by atoms with E-state index in [1.165, 1.54) is 11.6 Å². The molecule has 7 nitrogen and oxygen atoms in total. The maximum absolute atomic E-state index is 12.6. The molecule has 0 unspecified atom stereocenters. The van der Waals surface area contributed by atoms with Gasteiger partial charge in [0.25, 0.3) is 0 Å². The van der Waals surface area contributed by atoms with Crippen LogP contribution in [0.5, 0.6) is 5.75 Å². The molecule has 0 radical (unpaired) electrons. The number of nitrogens with one attached hydrogen (secondary N) is 2. The molecule has 0 saturated carbocycles. The number of methoxy groups -OCH3 is 1. The molecule has 0 spiro atoms. The van der Waals surface area contributed by atoms with E-state index in [9.17, 15) is 4.79 Å². The Balaban J connectivity index is 2.03. The fourth-order valence-corrected chi connectivity index (χ4v) is 3.67. The lowest BCUT2D eigenvalue weighted by Gasteiger charge is -2.16. The Morgan fingerprint density at radius 3 is 2.47 bits per heavy atom. The number of H-pyrrole nitrogens is 1. The Hall–Kier alpha value is -3.78. The van der Waals surface area contributed by atoms with Crippen molar-refractivity contribution in [3.63, 3.8) is 0 Å². The summed E-state index contributed by atoms with van der Waals surface area (Å²) in [6, 6.07) is 15.0. The molecule has 0 aliphatic carbocycles. The minimum absolute atomic E-state index is 0.168. The first kappa shape index (κ1) is 22.9. The number of ether oxygens (including phenoxy) is 1. The fourth-order valence-electron chi connectivity index (χ4n) is 3.34. The molecule has 1 amide bonds. The van der Waals surface area contributed by atoms with Crippen molar-refractivity contribution in [3.8, 4) is 16.9 Å². The SMILES string of the molecule is COc1cccc(NC(=O)C=C(N)c2c(-c3ccc(C(C)C)cc3)c(N)c(N)[nH]c2=S)c1. The predicted molar refractivity (Wildman–Crippen MR) is 134 cm³/mol. The van der Waals surface area contributed by atoms with Crippen LogP contribution in [0, 0.1) is 4.64 Å². The number of hydrogen-bond acceptors (Lipinski definition) is 6. The van der Waals surface area contributed by atoms with Crippen LogP contribution in [0.3, 0.4) is 0 Å². The molecular formula is C24H27N5O2S. The second kappa shape index (κ2) is 9.57. The van der Waals surface area contributed by atoms with E-state index in [1.54, 1.807) is 31.4 Å². The zero-order valence-corrected chi connectivity index (χ0v) is 19.0. The number of amides is 1. The van der Waals surface area contributed by atoms with Crippen molar-refractivity contribution < 1.29 is 9.53 Å². The van der Waals surface area contributed by atoms with E-state index in [2.05, 4.69) is 24.1 Å². The van der Waals surface area contributed by atoms with Crippen molar-refractivity contribution in [2.24, 2.45) is 5.73 Å². The summed E-state index contributed by atoms with van der Waals surface area (Å²) in [5.74, 6) is 0.840. The van der Waals surface area contributed by atoms with Gasteiger partial charge in [-0.15, -0.1) is 0 Å². The zero-order chi connectivity index (χ0) is 23.4. The molecule has 3 aromatic rings. The lowest BCUT2D eigenvalue weighted by Crippen LogP contribution is -2.13. The highest BCUT2D eigenvalue weighted by molar-refractivity contribution is 7.71. The summed E-state index contributed by atoms with van der Waals surface area (Å²) in [6.07, 6.45) is 1.28. The second-order valence-corrected chi connectivity index (χ2v) is 8.04. The Labute approximate surface area is 192 Å². The van der Waals surface area contributed by atoms with Crippen molar-refractivity contribution in [1.82, 2.24) is 4.98 Å². The van der Waals surface area contributed by atoms with E-state index in [-0.39, 0.29) is 11.5 Å². The molecule has 3 rings (SSSR count). The number of rotatable bonds is 6. The van der Waals surface area contributed by atoms with E-state index in [1.807, 2.05) is 24.3 Å². The summed E-state index contributed by atoms with van der Waals surface area (Å²) in [4.78, 5) is 15.5. The summed E-state index contributed by atoms with van der Waals surface area (Å²) in [5.41, 5.74) is 22.8. The molecule has 0 aliphatic rings. The van der Waals surface area contributed by atoms with Crippen LogP contribution in [-0.2, 0) is 4.79 Å². The minimum Gasteiger partial charge on any atom is -0.497 e. The monoisotopic (exact) mass is 449 g/mol. The number of carbonyl (C=O) groups excluding carboxylic acids is 1. The van der Waals surface area contributed by atoms with Crippen LogP contribution < -0.4 is 27.3 Å². The summed E-state index contributed by atoms with van der Waals surface area (Å²) in [6.45, 7) is 4.24. The van der Waals surface area contributed by atoms with Gasteiger partial charge in [0.1, 0.15) is 16.2 Å². The molecule has 8 N–H and O–H groups in total. The van der Waals surface area contributed by atoms with Crippen molar-refractivity contribution in [3.05, 3.63) is 70.4 Å². The van der Waals surface area contributed by atoms with E-state index in [4.69, 9.17) is 34.2 Å². The van der Waals surface area contributed by atoms with E-state index in [0.29, 0.717) is 38.8 Å². The molecule has 32 heavy (non-hydrogen) atoms. The molecule has 2 aromatic carbocycles. The van der Waals surface area contributed by atoms with Crippen molar-refractivity contribution in [1.29, 1.82) is 0 Å². The molecular weight excluding hydrogens is 422 g/mol. The van der Waals surface area contributed by atoms with Gasteiger partial charge in [0.2, 0.25) is 5.91 Å². The molecule has 0 saturated heterocycles. The predicted octanol–water partition coefficient (Wildman–Crippen LogP) is 4.65. The van der Waals surface area contributed by atoms with Gasteiger partial charge in [-0.2, -0.15) is 0 Å². The third-order valence-electron chi connectivity index (χ3n) is 5.06. The van der Waals surface area contributed by atoms with E-state index >= 15 is 0 Å². The Morgan fingerprint density at radius 1 is 1.16 bits per heavy atom. The molecule has 166 valence electrons. The van der Waals surface area contributed by atoms with E-state index in [0.717, 1.165) is 5.56 Å². The maximum Gasteiger partial charge on any atom is 0.250 e. The summed E-state index contributed by atoms with van der Waals surface area (Å²) >= 11 is 5.49. The maximum atomic E-state index is 12.6. The average molecular weight is 450 g/mol. The molecule has 8 heteroatoms. The number of aromatic nitrogens is 1. The molecule has 0 aliphatic heterocycles. The molecule has 1 heterocycles. The van der Waals surface area contributed by atoms with Gasteiger partial charge in [-0.25, -0.2) is 0 Å². The summed E-state index contributed by atoms with van der Waals surface area (Å²) in [5, 5.41) is 2.77. The van der Waals surface area contributed by atoms with Crippen LogP contribution >= 0.6 is 12.2 Å². The smallest absolute Gasteiger partial charge is 0.250 e. The molecule has 0 bridgehead atoms. The number of nitrogen functional groups attached to an aromatic ring is 2. The third-order valence-corrected chi connectivity index (χ3v) is 5.37. The van der Waals surface area contributed by atoms with E-state index < -0.39 is 5.91 Å². The number of pyridine rings is 1. The highest BCUT2D eigenvalue weighted by atomic mass is 32.1. The van der Waals surface area contributed by atoms with Crippen LogP contribution in [0.4, 0.5) is 17.2 Å². The number of hydrogen-bond donors (Lipinski definition) is 5. The average Bonchev–Trinajstić information content (AvgIpc) is 2.76. The fraction of sp³-hybridized carbons (Fsp3) is 0.167. The lowest BCUT2D eigenvalue weighted by molar-refractivity contribution is -0.111. The van der Waals surface area contributed by atoms with Crippen molar-refractivity contribution >= 4 is 41.0 Å². The van der Waals surface area contributed by atoms with Gasteiger partial charge in [-0.1, -0.05) is 56.4 Å². The van der Waals surface area contributed by atoms with Crippen LogP contribution in [0.15, 0.2) is 54.6 Å². The minimum atomic E-state index is -0.415. The number of aromatic amines is 1. The van der Waals surface area contributed by atoms with Gasteiger partial charge in [0.15, 0.2) is 0 Å². The highest BCUT2D eigenvalue weighted by Gasteiger charge is 2.17. The van der Waals surface area contributed by atoms with Gasteiger partial charge in [-0.3, -0.25) is 4.79 Å². The molecule has 0 atom stereocenters. The van der Waals surface area contributed by atoms with Gasteiger partial charge >= 0.3 is 0 Å². The van der Waals surface area contributed by atoms with Crippen LogP contribution in [0.25, 0.3) is 16.8 Å². The van der Waals surface area contributed by atoms with Gasteiger partial charge in [-0.05, 0) is 29.2 Å². The first-order valence-corrected chi connectivity index (χ1v) is 10.5. The van der Waals surface area contributed by atoms with Crippen molar-refractivity contribution in [2.75, 3.05) is 23.9 Å². The molecule has 1 aromatic heterocycles. The van der Waals surface area contributed by atoms with Gasteiger partial charge < -0.3 is 32.2 Å². The van der Waals surface area contributed by atoms with Gasteiger partial charge in [0.05, 0.1) is 12.8 Å². The first-order chi connectivity index (χ1) is 15.2. The van der Waals surface area contributed by atoms with Crippen molar-refractivity contribution in [2.45, 2.75) is 19.8 Å². The van der Waals surface area contributed by atoms with Crippen LogP contribution in [0.1, 0.15) is 30.9 Å². The highest BCUT2D eigenvalue weighted by Crippen LogP contribution is 2.36. The first-order valence-electron chi connectivity index (χ1n) is 10.1. The number of benzene rings is 2. The third kappa shape index (κ3) is 4.92. The van der Waals surface area contributed by atoms with Gasteiger partial charge in [0, 0.05) is 34.7 Å². The number of anilines is 3. The molecule has 0 fully saturated rings. The zero-order valence-electron chi connectivity index (χ0n) is 18.2.